The van der Waals surface area contributed by atoms with Gasteiger partial charge in [-0.25, -0.2) is 9.78 Å². The first kappa shape index (κ1) is 13.5. The lowest BCUT2D eigenvalue weighted by atomic mass is 10.2. The van der Waals surface area contributed by atoms with Gasteiger partial charge in [0.2, 0.25) is 0 Å². The molecule has 0 aliphatic carbocycles. The molecule has 0 spiro atoms. The quantitative estimate of drug-likeness (QED) is 0.906. The van der Waals surface area contributed by atoms with Crippen molar-refractivity contribution in [2.24, 2.45) is 0 Å². The number of aromatic nitrogens is 1. The van der Waals surface area contributed by atoms with E-state index in [0.717, 1.165) is 0 Å². The third-order valence-electron chi connectivity index (χ3n) is 2.23. The Bertz CT molecular complexity index is 647. The first-order chi connectivity index (χ1) is 8.97. The highest BCUT2D eigenvalue weighted by molar-refractivity contribution is 6.35. The van der Waals surface area contributed by atoms with Crippen LogP contribution in [0.15, 0.2) is 30.5 Å². The third kappa shape index (κ3) is 3.07. The summed E-state index contributed by atoms with van der Waals surface area (Å²) in [5.41, 5.74) is 5.34. The van der Waals surface area contributed by atoms with E-state index in [0.29, 0.717) is 5.02 Å². The molecule has 0 aliphatic heterocycles. The predicted molar refractivity (Wildman–Crippen MR) is 72.1 cm³/mol. The monoisotopic (exact) mass is 298 g/mol. The molecule has 0 fully saturated rings. The maximum atomic E-state index is 11.1. The van der Waals surface area contributed by atoms with E-state index < -0.39 is 5.97 Å². The van der Waals surface area contributed by atoms with Crippen LogP contribution in [0.1, 0.15) is 10.4 Å². The Morgan fingerprint density at radius 3 is 2.63 bits per heavy atom. The van der Waals surface area contributed by atoms with Gasteiger partial charge in [0.1, 0.15) is 17.1 Å². The summed E-state index contributed by atoms with van der Waals surface area (Å²) in [7, 11) is 0. The van der Waals surface area contributed by atoms with Gasteiger partial charge in [-0.3, -0.25) is 0 Å². The number of aromatic carboxylic acids is 1. The molecule has 19 heavy (non-hydrogen) atoms. The number of nitrogens with zero attached hydrogens (tertiary/aromatic N) is 1. The number of nitrogen functional groups attached to an aromatic ring is 1. The zero-order valence-corrected chi connectivity index (χ0v) is 10.9. The van der Waals surface area contributed by atoms with E-state index in [2.05, 4.69) is 4.98 Å². The summed E-state index contributed by atoms with van der Waals surface area (Å²) < 4.78 is 5.42. The normalized spacial score (nSPS) is 10.2. The molecular formula is C12H8Cl2N2O3. The smallest absolute Gasteiger partial charge is 0.339 e. The van der Waals surface area contributed by atoms with Crippen molar-refractivity contribution in [2.45, 2.75) is 0 Å². The molecule has 1 heterocycles. The Hall–Kier alpha value is -1.98. The van der Waals surface area contributed by atoms with Crippen molar-refractivity contribution in [1.29, 1.82) is 0 Å². The summed E-state index contributed by atoms with van der Waals surface area (Å²) >= 11 is 11.7. The molecule has 0 unspecified atom stereocenters. The lowest BCUT2D eigenvalue weighted by Gasteiger charge is -2.10. The van der Waals surface area contributed by atoms with Crippen LogP contribution in [0.2, 0.25) is 10.0 Å². The van der Waals surface area contributed by atoms with Crippen molar-refractivity contribution >= 4 is 35.0 Å². The molecule has 0 amide bonds. The number of hydrogen-bond acceptors (Lipinski definition) is 4. The number of pyridine rings is 1. The molecule has 0 bridgehead atoms. The van der Waals surface area contributed by atoms with Crippen molar-refractivity contribution < 1.29 is 14.6 Å². The predicted octanol–water partition coefficient (Wildman–Crippen LogP) is 3.46. The molecular weight excluding hydrogens is 291 g/mol. The van der Waals surface area contributed by atoms with E-state index in [9.17, 15) is 4.79 Å². The second-order valence-corrected chi connectivity index (χ2v) is 4.43. The average molecular weight is 299 g/mol. The molecule has 2 rings (SSSR count). The number of nitrogens with two attached hydrogens (primary N) is 1. The first-order valence-corrected chi connectivity index (χ1v) is 5.84. The van der Waals surface area contributed by atoms with Crippen LogP contribution in [0.25, 0.3) is 0 Å². The topological polar surface area (TPSA) is 85.4 Å². The highest BCUT2D eigenvalue weighted by Gasteiger charge is 2.14. The van der Waals surface area contributed by atoms with Crippen LogP contribution < -0.4 is 10.5 Å². The molecule has 3 N–H and O–H groups in total. The Balaban J connectivity index is 2.40. The van der Waals surface area contributed by atoms with E-state index in [-0.39, 0.29) is 27.9 Å². The summed E-state index contributed by atoms with van der Waals surface area (Å²) in [6, 6.07) is 5.81. The summed E-state index contributed by atoms with van der Waals surface area (Å²) in [5.74, 6) is -0.757. The molecule has 0 radical (unpaired) electrons. The van der Waals surface area contributed by atoms with Gasteiger partial charge < -0.3 is 15.6 Å². The van der Waals surface area contributed by atoms with Crippen molar-refractivity contribution in [1.82, 2.24) is 4.98 Å². The number of rotatable bonds is 3. The van der Waals surface area contributed by atoms with Gasteiger partial charge in [-0.1, -0.05) is 23.2 Å². The van der Waals surface area contributed by atoms with Crippen LogP contribution in [-0.2, 0) is 0 Å². The lowest BCUT2D eigenvalue weighted by Crippen LogP contribution is -2.03. The highest BCUT2D eigenvalue weighted by Crippen LogP contribution is 2.33. The zero-order chi connectivity index (χ0) is 14.0. The maximum Gasteiger partial charge on any atom is 0.339 e. The van der Waals surface area contributed by atoms with Crippen molar-refractivity contribution in [3.05, 3.63) is 46.1 Å². The number of benzene rings is 1. The number of halogens is 2. The largest absolute Gasteiger partial charge is 0.478 e. The Morgan fingerprint density at radius 1 is 1.26 bits per heavy atom. The van der Waals surface area contributed by atoms with Crippen LogP contribution in [0.3, 0.4) is 0 Å². The number of carbonyl (C=O) groups is 1. The molecule has 1 aromatic carbocycles. The fourth-order valence-corrected chi connectivity index (χ4v) is 1.83. The Labute approximate surface area is 118 Å². The van der Waals surface area contributed by atoms with Crippen LogP contribution in [0.4, 0.5) is 5.82 Å². The van der Waals surface area contributed by atoms with Gasteiger partial charge in [-0.05, 0) is 24.3 Å². The second-order valence-electron chi connectivity index (χ2n) is 3.59. The van der Waals surface area contributed by atoms with Crippen molar-refractivity contribution in [3.8, 4) is 11.5 Å². The van der Waals surface area contributed by atoms with Gasteiger partial charge in [0.25, 0.3) is 0 Å². The molecule has 0 aliphatic rings. The Morgan fingerprint density at radius 2 is 2.00 bits per heavy atom. The second kappa shape index (κ2) is 5.34. The van der Waals surface area contributed by atoms with Crippen LogP contribution in [0.5, 0.6) is 11.5 Å². The summed E-state index contributed by atoms with van der Waals surface area (Å²) in [4.78, 5) is 14.9. The maximum absolute atomic E-state index is 11.1. The fourth-order valence-electron chi connectivity index (χ4n) is 1.38. The van der Waals surface area contributed by atoms with Gasteiger partial charge in [0.15, 0.2) is 5.75 Å². The van der Waals surface area contributed by atoms with Crippen molar-refractivity contribution in [3.63, 3.8) is 0 Å². The minimum absolute atomic E-state index is 0.0472. The molecule has 98 valence electrons. The van der Waals surface area contributed by atoms with Crippen LogP contribution in [-0.4, -0.2) is 16.1 Å². The summed E-state index contributed by atoms with van der Waals surface area (Å²) in [6.45, 7) is 0. The highest BCUT2D eigenvalue weighted by atomic mass is 35.5. The van der Waals surface area contributed by atoms with E-state index >= 15 is 0 Å². The van der Waals surface area contributed by atoms with Gasteiger partial charge in [0.05, 0.1) is 11.2 Å². The summed E-state index contributed by atoms with van der Waals surface area (Å²) in [6.07, 6.45) is 1.23. The van der Waals surface area contributed by atoms with Crippen molar-refractivity contribution in [2.75, 3.05) is 5.73 Å². The molecule has 0 saturated heterocycles. The SMILES string of the molecule is Nc1cc(C(=O)O)c(Oc2ccc(Cl)cc2Cl)cn1. The Kier molecular flexibility index (Phi) is 3.78. The first-order valence-electron chi connectivity index (χ1n) is 5.09. The number of carboxylic acid groups (broad SMARTS) is 1. The number of carboxylic acids is 1. The minimum atomic E-state index is -1.17. The van der Waals surface area contributed by atoms with Gasteiger partial charge in [-0.2, -0.15) is 0 Å². The summed E-state index contributed by atoms with van der Waals surface area (Å²) in [5, 5.41) is 9.78. The van der Waals surface area contributed by atoms with E-state index in [4.69, 9.17) is 38.8 Å². The van der Waals surface area contributed by atoms with E-state index in [1.807, 2.05) is 0 Å². The minimum Gasteiger partial charge on any atom is -0.478 e. The molecule has 0 atom stereocenters. The van der Waals surface area contributed by atoms with Gasteiger partial charge in [0, 0.05) is 5.02 Å². The van der Waals surface area contributed by atoms with Crippen LogP contribution in [0, 0.1) is 0 Å². The number of hydrogen-bond donors (Lipinski definition) is 2. The number of anilines is 1. The molecule has 1 aromatic heterocycles. The molecule has 7 heteroatoms. The van der Waals surface area contributed by atoms with Gasteiger partial charge >= 0.3 is 5.97 Å². The molecule has 5 nitrogen and oxygen atoms in total. The zero-order valence-electron chi connectivity index (χ0n) is 9.43. The molecule has 0 saturated carbocycles. The average Bonchev–Trinajstić information content (AvgIpc) is 2.34. The third-order valence-corrected chi connectivity index (χ3v) is 2.76. The molecule has 2 aromatic rings. The lowest BCUT2D eigenvalue weighted by molar-refractivity contribution is 0.0694. The van der Waals surface area contributed by atoms with Crippen LogP contribution >= 0.6 is 23.2 Å². The van der Waals surface area contributed by atoms with E-state index in [1.165, 1.54) is 24.4 Å². The fraction of sp³-hybridized carbons (Fsp3) is 0. The van der Waals surface area contributed by atoms with Gasteiger partial charge in [-0.15, -0.1) is 0 Å². The van der Waals surface area contributed by atoms with E-state index in [1.54, 1.807) is 6.07 Å². The standard InChI is InChI=1S/C12H8Cl2N2O3/c13-6-1-2-9(8(14)3-6)19-10-5-16-11(15)4-7(10)12(17)18/h1-5H,(H2,15,16)(H,17,18). The number of ether oxygens (including phenoxy) is 1.